The minimum Gasteiger partial charge on any atom is -0.361 e. The Morgan fingerprint density at radius 1 is 1.09 bits per heavy atom. The zero-order chi connectivity index (χ0) is 22.9. The van der Waals surface area contributed by atoms with Crippen molar-refractivity contribution < 1.29 is 18.8 Å². The maximum absolute atomic E-state index is 13.4. The van der Waals surface area contributed by atoms with Crippen molar-refractivity contribution in [1.29, 1.82) is 0 Å². The van der Waals surface area contributed by atoms with E-state index in [1.165, 1.54) is 40.5 Å². The standard InChI is InChI=1S/C25H20FN3O3S/c26-17-7-9-18(10-8-17)29-23(30)14-21(24(29)31)28(25(32)22-6-3-13-33-22)12-11-16-15-27-20-5-2-1-4-19(16)20/h1-10,13,15,21,27H,11-12,14H2. The number of nitrogens with zero attached hydrogens (tertiary/aromatic N) is 2. The van der Waals surface area contributed by atoms with Crippen LogP contribution in [0.3, 0.4) is 0 Å². The second-order valence-electron chi connectivity index (χ2n) is 7.85. The summed E-state index contributed by atoms with van der Waals surface area (Å²) in [6.07, 6.45) is 2.32. The molecular weight excluding hydrogens is 441 g/mol. The predicted octanol–water partition coefficient (Wildman–Crippen LogP) is 4.39. The summed E-state index contributed by atoms with van der Waals surface area (Å²) in [6.45, 7) is 0.277. The fourth-order valence-electron chi connectivity index (χ4n) is 4.24. The van der Waals surface area contributed by atoms with Gasteiger partial charge in [0, 0.05) is 23.6 Å². The Kier molecular flexibility index (Phi) is 5.51. The van der Waals surface area contributed by atoms with Gasteiger partial charge in [0.2, 0.25) is 5.91 Å². The molecule has 3 heterocycles. The number of hydrogen-bond acceptors (Lipinski definition) is 4. The van der Waals surface area contributed by atoms with E-state index in [1.54, 1.807) is 17.5 Å². The maximum Gasteiger partial charge on any atom is 0.264 e. The zero-order valence-electron chi connectivity index (χ0n) is 17.5. The van der Waals surface area contributed by atoms with Crippen LogP contribution in [0.5, 0.6) is 0 Å². The van der Waals surface area contributed by atoms with E-state index in [9.17, 15) is 18.8 Å². The number of rotatable bonds is 6. The second-order valence-corrected chi connectivity index (χ2v) is 8.80. The van der Waals surface area contributed by atoms with Gasteiger partial charge in [-0.1, -0.05) is 24.3 Å². The number of para-hydroxylation sites is 1. The van der Waals surface area contributed by atoms with Gasteiger partial charge < -0.3 is 9.88 Å². The minimum atomic E-state index is -0.914. The van der Waals surface area contributed by atoms with Crippen LogP contribution in [-0.4, -0.2) is 40.2 Å². The lowest BCUT2D eigenvalue weighted by atomic mass is 10.1. The first kappa shape index (κ1) is 21.1. The van der Waals surface area contributed by atoms with Crippen LogP contribution < -0.4 is 4.90 Å². The van der Waals surface area contributed by atoms with Gasteiger partial charge in [0.25, 0.3) is 11.8 Å². The van der Waals surface area contributed by atoms with Crippen LogP contribution in [0.1, 0.15) is 21.7 Å². The Morgan fingerprint density at radius 2 is 1.88 bits per heavy atom. The van der Waals surface area contributed by atoms with Crippen LogP contribution in [-0.2, 0) is 16.0 Å². The van der Waals surface area contributed by atoms with Crippen molar-refractivity contribution in [3.05, 3.63) is 88.5 Å². The van der Waals surface area contributed by atoms with E-state index in [0.29, 0.717) is 17.0 Å². The Balaban J connectivity index is 1.44. The molecule has 0 saturated carbocycles. The first-order chi connectivity index (χ1) is 16.0. The number of imide groups is 1. The maximum atomic E-state index is 13.4. The fourth-order valence-corrected chi connectivity index (χ4v) is 4.92. The highest BCUT2D eigenvalue weighted by atomic mass is 32.1. The van der Waals surface area contributed by atoms with Gasteiger partial charge in [0.15, 0.2) is 0 Å². The zero-order valence-corrected chi connectivity index (χ0v) is 18.3. The highest BCUT2D eigenvalue weighted by Crippen LogP contribution is 2.28. The van der Waals surface area contributed by atoms with Gasteiger partial charge in [-0.15, -0.1) is 11.3 Å². The van der Waals surface area contributed by atoms with Crippen LogP contribution in [0.15, 0.2) is 72.2 Å². The van der Waals surface area contributed by atoms with E-state index in [4.69, 9.17) is 0 Å². The number of H-pyrrole nitrogens is 1. The third-order valence-electron chi connectivity index (χ3n) is 5.87. The van der Waals surface area contributed by atoms with Crippen molar-refractivity contribution in [1.82, 2.24) is 9.88 Å². The predicted molar refractivity (Wildman–Crippen MR) is 125 cm³/mol. The summed E-state index contributed by atoms with van der Waals surface area (Å²) in [4.78, 5) is 45.7. The van der Waals surface area contributed by atoms with Gasteiger partial charge in [-0.3, -0.25) is 14.4 Å². The molecule has 3 amide bonds. The molecule has 166 valence electrons. The van der Waals surface area contributed by atoms with Gasteiger partial charge >= 0.3 is 0 Å². The third-order valence-corrected chi connectivity index (χ3v) is 6.73. The number of fused-ring (bicyclic) bond motifs is 1. The highest BCUT2D eigenvalue weighted by Gasteiger charge is 2.44. The molecule has 1 aliphatic rings. The number of hydrogen-bond donors (Lipinski definition) is 1. The van der Waals surface area contributed by atoms with Crippen LogP contribution >= 0.6 is 11.3 Å². The normalized spacial score (nSPS) is 16.0. The summed E-state index contributed by atoms with van der Waals surface area (Å²) in [7, 11) is 0. The molecule has 2 aromatic heterocycles. The number of aromatic amines is 1. The molecule has 33 heavy (non-hydrogen) atoms. The SMILES string of the molecule is O=C1CC(N(CCc2c[nH]c3ccccc23)C(=O)c2cccs2)C(=O)N1c1ccc(F)cc1. The smallest absolute Gasteiger partial charge is 0.264 e. The van der Waals surface area contributed by atoms with E-state index >= 15 is 0 Å². The molecule has 1 saturated heterocycles. The van der Waals surface area contributed by atoms with Crippen molar-refractivity contribution in [2.24, 2.45) is 0 Å². The molecular formula is C25H20FN3O3S. The third kappa shape index (κ3) is 3.93. The summed E-state index contributed by atoms with van der Waals surface area (Å²) < 4.78 is 13.3. The van der Waals surface area contributed by atoms with E-state index in [1.807, 2.05) is 30.5 Å². The van der Waals surface area contributed by atoms with Crippen molar-refractivity contribution in [2.45, 2.75) is 18.9 Å². The van der Waals surface area contributed by atoms with Crippen LogP contribution in [0.2, 0.25) is 0 Å². The number of halogens is 1. The fraction of sp³-hybridized carbons (Fsp3) is 0.160. The van der Waals surface area contributed by atoms with E-state index in [2.05, 4.69) is 4.98 Å². The van der Waals surface area contributed by atoms with Crippen molar-refractivity contribution in [3.63, 3.8) is 0 Å². The molecule has 8 heteroatoms. The first-order valence-corrected chi connectivity index (χ1v) is 11.4. The second kappa shape index (κ2) is 8.63. The Hall–Kier alpha value is -3.78. The van der Waals surface area contributed by atoms with Gasteiger partial charge in [0.1, 0.15) is 11.9 Å². The number of aromatic nitrogens is 1. The molecule has 6 nitrogen and oxygen atoms in total. The van der Waals surface area contributed by atoms with Crippen LogP contribution in [0.25, 0.3) is 10.9 Å². The number of carbonyl (C=O) groups is 3. The highest BCUT2D eigenvalue weighted by molar-refractivity contribution is 7.12. The molecule has 1 atom stereocenters. The summed E-state index contributed by atoms with van der Waals surface area (Å²) in [5.41, 5.74) is 2.33. The molecule has 1 unspecified atom stereocenters. The Bertz CT molecular complexity index is 1330. The molecule has 2 aromatic carbocycles. The van der Waals surface area contributed by atoms with Crippen molar-refractivity contribution in [3.8, 4) is 0 Å². The van der Waals surface area contributed by atoms with E-state index < -0.39 is 23.7 Å². The van der Waals surface area contributed by atoms with Gasteiger partial charge in [-0.25, -0.2) is 9.29 Å². The molecule has 0 spiro atoms. The summed E-state index contributed by atoms with van der Waals surface area (Å²) in [6, 6.07) is 15.7. The molecule has 0 radical (unpaired) electrons. The molecule has 1 N–H and O–H groups in total. The number of carbonyl (C=O) groups excluding carboxylic acids is 3. The quantitative estimate of drug-likeness (QED) is 0.433. The molecule has 0 bridgehead atoms. The van der Waals surface area contributed by atoms with E-state index in [-0.39, 0.29) is 18.9 Å². The summed E-state index contributed by atoms with van der Waals surface area (Å²) >= 11 is 1.30. The van der Waals surface area contributed by atoms with Gasteiger partial charge in [-0.2, -0.15) is 0 Å². The molecule has 1 fully saturated rings. The lowest BCUT2D eigenvalue weighted by Gasteiger charge is -2.27. The van der Waals surface area contributed by atoms with Crippen LogP contribution in [0.4, 0.5) is 10.1 Å². The van der Waals surface area contributed by atoms with Crippen molar-refractivity contribution in [2.75, 3.05) is 11.4 Å². The molecule has 1 aliphatic heterocycles. The average molecular weight is 462 g/mol. The number of anilines is 1. The largest absolute Gasteiger partial charge is 0.361 e. The number of nitrogens with one attached hydrogen (secondary N) is 1. The lowest BCUT2D eigenvalue weighted by Crippen LogP contribution is -2.46. The van der Waals surface area contributed by atoms with Gasteiger partial charge in [0.05, 0.1) is 17.0 Å². The Labute approximate surface area is 193 Å². The summed E-state index contributed by atoms with van der Waals surface area (Å²) in [5, 5.41) is 2.86. The van der Waals surface area contributed by atoms with E-state index in [0.717, 1.165) is 21.4 Å². The molecule has 0 aliphatic carbocycles. The topological polar surface area (TPSA) is 73.5 Å². The monoisotopic (exact) mass is 461 g/mol. The minimum absolute atomic E-state index is 0.110. The molecule has 5 rings (SSSR count). The van der Waals surface area contributed by atoms with Crippen molar-refractivity contribution >= 4 is 45.6 Å². The Morgan fingerprint density at radius 3 is 2.64 bits per heavy atom. The van der Waals surface area contributed by atoms with Crippen LogP contribution in [0, 0.1) is 5.82 Å². The van der Waals surface area contributed by atoms with Gasteiger partial charge in [-0.05, 0) is 53.8 Å². The number of thiophene rings is 1. The summed E-state index contributed by atoms with van der Waals surface area (Å²) in [5.74, 6) is -1.62. The number of amides is 3. The molecule has 4 aromatic rings. The average Bonchev–Trinajstić information content (AvgIpc) is 3.55. The lowest BCUT2D eigenvalue weighted by molar-refractivity contribution is -0.122. The first-order valence-electron chi connectivity index (χ1n) is 10.5. The number of benzene rings is 2.